The fraction of sp³-hybridized carbons (Fsp3) is 0.333. The van der Waals surface area contributed by atoms with Crippen LogP contribution in [0.4, 0.5) is 18.9 Å². The lowest BCUT2D eigenvalue weighted by atomic mass is 10.0. The van der Waals surface area contributed by atoms with Crippen molar-refractivity contribution in [3.05, 3.63) is 38.9 Å². The van der Waals surface area contributed by atoms with E-state index < -0.39 is 51.3 Å². The summed E-state index contributed by atoms with van der Waals surface area (Å²) in [6.07, 6.45) is -2.85. The zero-order valence-electron chi connectivity index (χ0n) is 11.0. The second kappa shape index (κ2) is 6.33. The Morgan fingerprint density at radius 2 is 1.95 bits per heavy atom. The van der Waals surface area contributed by atoms with E-state index in [1.54, 1.807) is 0 Å². The van der Waals surface area contributed by atoms with Crippen molar-refractivity contribution < 1.29 is 32.4 Å². The summed E-state index contributed by atoms with van der Waals surface area (Å²) in [5.74, 6) is -6.63. The van der Waals surface area contributed by atoms with Crippen LogP contribution in [-0.2, 0) is 9.53 Å². The molecule has 0 amide bonds. The van der Waals surface area contributed by atoms with Gasteiger partial charge in [0.05, 0.1) is 11.5 Å². The van der Waals surface area contributed by atoms with Gasteiger partial charge >= 0.3 is 11.7 Å². The molecule has 6 nitrogen and oxygen atoms in total. The number of hydrogen-bond donors (Lipinski definition) is 0. The molecule has 0 saturated heterocycles. The van der Waals surface area contributed by atoms with Gasteiger partial charge in [0, 0.05) is 0 Å². The predicted octanol–water partition coefficient (Wildman–Crippen LogP) is 2.27. The van der Waals surface area contributed by atoms with Gasteiger partial charge in [0.15, 0.2) is 5.82 Å². The Morgan fingerprint density at radius 1 is 1.38 bits per heavy atom. The Balaban J connectivity index is 3.39. The summed E-state index contributed by atoms with van der Waals surface area (Å²) in [4.78, 5) is 32.2. The van der Waals surface area contributed by atoms with Gasteiger partial charge < -0.3 is 4.74 Å². The van der Waals surface area contributed by atoms with Crippen LogP contribution in [0.25, 0.3) is 0 Å². The summed E-state index contributed by atoms with van der Waals surface area (Å²) in [5, 5.41) is 10.7. The molecule has 1 unspecified atom stereocenters. The maximum absolute atomic E-state index is 13.6. The van der Waals surface area contributed by atoms with Crippen LogP contribution >= 0.6 is 0 Å². The topological polar surface area (TPSA) is 86.5 Å². The van der Waals surface area contributed by atoms with Crippen LogP contribution in [0.1, 0.15) is 22.8 Å². The summed E-state index contributed by atoms with van der Waals surface area (Å²) in [5.41, 5.74) is -2.98. The Hall–Kier alpha value is -2.45. The highest BCUT2D eigenvalue weighted by atomic mass is 19.2. The number of nitro groups is 1. The molecular formula is C12H10F3NO5. The zero-order chi connectivity index (χ0) is 16.3. The Kier molecular flexibility index (Phi) is 5.01. The lowest BCUT2D eigenvalue weighted by molar-refractivity contribution is -0.388. The van der Waals surface area contributed by atoms with Crippen molar-refractivity contribution in [3.8, 4) is 0 Å². The lowest BCUT2D eigenvalue weighted by Crippen LogP contribution is -2.29. The van der Waals surface area contributed by atoms with Crippen LogP contribution < -0.4 is 0 Å². The smallest absolute Gasteiger partial charge is 0.349 e. The fourth-order valence-electron chi connectivity index (χ4n) is 1.57. The van der Waals surface area contributed by atoms with E-state index in [1.165, 1.54) is 6.92 Å². The molecule has 0 aromatic heterocycles. The highest BCUT2D eigenvalue weighted by Gasteiger charge is 2.36. The quantitative estimate of drug-likeness (QED) is 0.274. The molecule has 0 bridgehead atoms. The first kappa shape index (κ1) is 16.6. The first-order valence-electron chi connectivity index (χ1n) is 5.70. The van der Waals surface area contributed by atoms with Crippen LogP contribution in [0, 0.1) is 28.7 Å². The number of nitro benzene ring substituents is 1. The Bertz CT molecular complexity index is 617. The van der Waals surface area contributed by atoms with Crippen LogP contribution in [0.15, 0.2) is 6.07 Å². The average molecular weight is 305 g/mol. The molecule has 0 heterocycles. The minimum Gasteiger partial charge on any atom is -0.463 e. The van der Waals surface area contributed by atoms with Crippen LogP contribution in [0.3, 0.4) is 0 Å². The van der Waals surface area contributed by atoms with Crippen molar-refractivity contribution in [1.29, 1.82) is 0 Å². The number of rotatable bonds is 5. The molecule has 0 aliphatic rings. The number of Topliss-reactive ketones (excluding diaryl/α,β-unsaturated/α-hetero) is 1. The summed E-state index contributed by atoms with van der Waals surface area (Å²) >= 11 is 0. The highest BCUT2D eigenvalue weighted by molar-refractivity contribution is 6.13. The number of halogens is 3. The minimum atomic E-state index is -2.85. The first-order valence-corrected chi connectivity index (χ1v) is 5.70. The average Bonchev–Trinajstić information content (AvgIpc) is 2.42. The van der Waals surface area contributed by atoms with Crippen molar-refractivity contribution in [2.75, 3.05) is 6.61 Å². The van der Waals surface area contributed by atoms with Gasteiger partial charge in [-0.25, -0.2) is 13.6 Å². The molecule has 0 radical (unpaired) electrons. The third-order valence-corrected chi connectivity index (χ3v) is 2.53. The van der Waals surface area contributed by atoms with Gasteiger partial charge in [-0.3, -0.25) is 14.9 Å². The number of carbonyl (C=O) groups is 2. The normalized spacial score (nSPS) is 11.9. The molecular weight excluding hydrogens is 295 g/mol. The number of carbonyl (C=O) groups excluding carboxylic acids is 2. The molecule has 9 heteroatoms. The number of ketones is 1. The molecule has 0 aliphatic carbocycles. The Morgan fingerprint density at radius 3 is 2.43 bits per heavy atom. The molecule has 0 fully saturated rings. The molecule has 0 N–H and O–H groups in total. The van der Waals surface area contributed by atoms with E-state index in [9.17, 15) is 32.9 Å². The number of hydrogen-bond acceptors (Lipinski definition) is 5. The minimum absolute atomic E-state index is 0.217. The summed E-state index contributed by atoms with van der Waals surface area (Å²) in [6, 6.07) is 0.616. The number of ether oxygens (including phenoxy) is 1. The standard InChI is InChI=1S/C12H10F3NO5/c1-3-21-12(18)9(15)11(17)6-4-5(2)7(13)8(14)10(6)16(19)20/h4,9H,3H2,1-2H3. The van der Waals surface area contributed by atoms with Crippen molar-refractivity contribution >= 4 is 17.4 Å². The van der Waals surface area contributed by atoms with Gasteiger partial charge in [0.25, 0.3) is 6.17 Å². The highest BCUT2D eigenvalue weighted by Crippen LogP contribution is 2.29. The van der Waals surface area contributed by atoms with E-state index in [-0.39, 0.29) is 6.61 Å². The van der Waals surface area contributed by atoms with Gasteiger partial charge in [-0.2, -0.15) is 4.39 Å². The maximum atomic E-state index is 13.6. The Labute approximate surface area is 116 Å². The molecule has 1 atom stereocenters. The van der Waals surface area contributed by atoms with Crippen LogP contribution in [-0.4, -0.2) is 29.5 Å². The molecule has 0 aliphatic heterocycles. The van der Waals surface area contributed by atoms with E-state index in [4.69, 9.17) is 0 Å². The molecule has 1 rings (SSSR count). The largest absolute Gasteiger partial charge is 0.463 e. The van der Waals surface area contributed by atoms with Crippen LogP contribution in [0.5, 0.6) is 0 Å². The fourth-order valence-corrected chi connectivity index (χ4v) is 1.57. The van der Waals surface area contributed by atoms with E-state index >= 15 is 0 Å². The molecule has 21 heavy (non-hydrogen) atoms. The number of benzene rings is 1. The SMILES string of the molecule is CCOC(=O)C(F)C(=O)c1cc(C)c(F)c(F)c1[N+](=O)[O-]. The number of nitrogens with zero attached hydrogens (tertiary/aromatic N) is 1. The van der Waals surface area contributed by atoms with Crippen LogP contribution in [0.2, 0.25) is 0 Å². The van der Waals surface area contributed by atoms with Gasteiger partial charge in [0.1, 0.15) is 5.56 Å². The number of esters is 1. The molecule has 1 aromatic carbocycles. The molecule has 114 valence electrons. The van der Waals surface area contributed by atoms with Crippen molar-refractivity contribution in [3.63, 3.8) is 0 Å². The summed E-state index contributed by atoms with van der Waals surface area (Å²) in [6.45, 7) is 2.18. The van der Waals surface area contributed by atoms with Gasteiger partial charge in [-0.1, -0.05) is 0 Å². The first-order chi connectivity index (χ1) is 9.72. The molecule has 0 spiro atoms. The third-order valence-electron chi connectivity index (χ3n) is 2.53. The van der Waals surface area contributed by atoms with Crippen molar-refractivity contribution in [2.24, 2.45) is 0 Å². The van der Waals surface area contributed by atoms with Gasteiger partial charge in [-0.05, 0) is 25.5 Å². The van der Waals surface area contributed by atoms with E-state index in [0.29, 0.717) is 6.07 Å². The van der Waals surface area contributed by atoms with E-state index in [0.717, 1.165) is 6.92 Å². The van der Waals surface area contributed by atoms with Gasteiger partial charge in [-0.15, -0.1) is 0 Å². The molecule has 0 saturated carbocycles. The van der Waals surface area contributed by atoms with Gasteiger partial charge in [0.2, 0.25) is 11.6 Å². The number of alkyl halides is 1. The van der Waals surface area contributed by atoms with Crippen molar-refractivity contribution in [1.82, 2.24) is 0 Å². The number of aryl methyl sites for hydroxylation is 1. The second-order valence-electron chi connectivity index (χ2n) is 3.95. The monoisotopic (exact) mass is 305 g/mol. The van der Waals surface area contributed by atoms with E-state index in [2.05, 4.69) is 4.74 Å². The summed E-state index contributed by atoms with van der Waals surface area (Å²) < 4.78 is 44.7. The second-order valence-corrected chi connectivity index (χ2v) is 3.95. The van der Waals surface area contributed by atoms with Crippen molar-refractivity contribution in [2.45, 2.75) is 20.0 Å². The third kappa shape index (κ3) is 3.18. The van der Waals surface area contributed by atoms with E-state index in [1.807, 2.05) is 0 Å². The predicted molar refractivity (Wildman–Crippen MR) is 63.6 cm³/mol. The maximum Gasteiger partial charge on any atom is 0.349 e. The lowest BCUT2D eigenvalue weighted by Gasteiger charge is -2.09. The summed E-state index contributed by atoms with van der Waals surface area (Å²) in [7, 11) is 0. The molecule has 1 aromatic rings. The zero-order valence-corrected chi connectivity index (χ0v) is 11.0.